The Bertz CT molecular complexity index is 1300. The van der Waals surface area contributed by atoms with Gasteiger partial charge >= 0.3 is 0 Å². The SMILES string of the molecule is Cc1ccccc1Cn1cnc2c(cnn2CCNC(=O)COc2ccc(F)cc2)c1=O. The molecule has 0 aliphatic rings. The van der Waals surface area contributed by atoms with E-state index in [2.05, 4.69) is 15.4 Å². The average Bonchev–Trinajstić information content (AvgIpc) is 3.20. The topological polar surface area (TPSA) is 91.0 Å². The van der Waals surface area contributed by atoms with Crippen molar-refractivity contribution in [3.8, 4) is 5.75 Å². The number of nitrogens with one attached hydrogen (secondary N) is 1. The fourth-order valence-electron chi connectivity index (χ4n) is 3.28. The highest BCUT2D eigenvalue weighted by atomic mass is 19.1. The van der Waals surface area contributed by atoms with Crippen LogP contribution in [0.1, 0.15) is 11.1 Å². The predicted molar refractivity (Wildman–Crippen MR) is 117 cm³/mol. The monoisotopic (exact) mass is 435 g/mol. The summed E-state index contributed by atoms with van der Waals surface area (Å²) < 4.78 is 21.3. The molecule has 0 atom stereocenters. The van der Waals surface area contributed by atoms with Gasteiger partial charge in [0.1, 0.15) is 23.3 Å². The zero-order chi connectivity index (χ0) is 22.5. The van der Waals surface area contributed by atoms with Crippen molar-refractivity contribution in [2.24, 2.45) is 0 Å². The Morgan fingerprint density at radius 3 is 2.72 bits per heavy atom. The second-order valence-electron chi connectivity index (χ2n) is 7.30. The third-order valence-corrected chi connectivity index (χ3v) is 5.05. The lowest BCUT2D eigenvalue weighted by Crippen LogP contribution is -2.31. The Labute approximate surface area is 183 Å². The second kappa shape index (κ2) is 9.42. The van der Waals surface area contributed by atoms with E-state index in [1.807, 2.05) is 31.2 Å². The minimum atomic E-state index is -0.371. The third kappa shape index (κ3) is 4.83. The fourth-order valence-corrected chi connectivity index (χ4v) is 3.28. The van der Waals surface area contributed by atoms with E-state index in [1.54, 1.807) is 9.25 Å². The maximum absolute atomic E-state index is 12.9. The van der Waals surface area contributed by atoms with Gasteiger partial charge in [0, 0.05) is 6.54 Å². The van der Waals surface area contributed by atoms with Crippen molar-refractivity contribution in [2.75, 3.05) is 13.2 Å². The third-order valence-electron chi connectivity index (χ3n) is 5.05. The molecule has 2 aromatic carbocycles. The molecule has 0 saturated carbocycles. The molecule has 9 heteroatoms. The number of aromatic nitrogens is 4. The van der Waals surface area contributed by atoms with Gasteiger partial charge in [-0.25, -0.2) is 14.1 Å². The smallest absolute Gasteiger partial charge is 0.264 e. The first kappa shape index (κ1) is 21.2. The minimum Gasteiger partial charge on any atom is -0.484 e. The molecule has 0 aliphatic carbocycles. The highest BCUT2D eigenvalue weighted by molar-refractivity contribution is 5.77. The van der Waals surface area contributed by atoms with Gasteiger partial charge in [-0.2, -0.15) is 5.10 Å². The number of amides is 1. The van der Waals surface area contributed by atoms with Gasteiger partial charge in [0.25, 0.3) is 11.5 Å². The molecule has 0 fully saturated rings. The molecule has 164 valence electrons. The number of nitrogens with zero attached hydrogens (tertiary/aromatic N) is 4. The van der Waals surface area contributed by atoms with Crippen LogP contribution >= 0.6 is 0 Å². The molecule has 8 nitrogen and oxygen atoms in total. The summed E-state index contributed by atoms with van der Waals surface area (Å²) in [4.78, 5) is 29.2. The van der Waals surface area contributed by atoms with E-state index in [9.17, 15) is 14.0 Å². The van der Waals surface area contributed by atoms with Crippen LogP contribution in [0.3, 0.4) is 0 Å². The fraction of sp³-hybridized carbons (Fsp3) is 0.217. The van der Waals surface area contributed by atoms with E-state index in [0.29, 0.717) is 29.9 Å². The molecular formula is C23H22FN5O3. The molecule has 4 rings (SSSR count). The molecule has 32 heavy (non-hydrogen) atoms. The maximum Gasteiger partial charge on any atom is 0.264 e. The lowest BCUT2D eigenvalue weighted by molar-refractivity contribution is -0.123. The molecule has 1 N–H and O–H groups in total. The van der Waals surface area contributed by atoms with Crippen LogP contribution in [0.4, 0.5) is 4.39 Å². The first-order chi connectivity index (χ1) is 15.5. The predicted octanol–water partition coefficient (Wildman–Crippen LogP) is 2.28. The number of carbonyl (C=O) groups is 1. The highest BCUT2D eigenvalue weighted by Crippen LogP contribution is 2.11. The Kier molecular flexibility index (Phi) is 6.25. The number of halogens is 1. The lowest BCUT2D eigenvalue weighted by atomic mass is 10.1. The maximum atomic E-state index is 12.9. The van der Waals surface area contributed by atoms with Crippen molar-refractivity contribution in [1.82, 2.24) is 24.6 Å². The van der Waals surface area contributed by atoms with Crippen LogP contribution in [-0.2, 0) is 17.9 Å². The quantitative estimate of drug-likeness (QED) is 0.459. The van der Waals surface area contributed by atoms with Crippen molar-refractivity contribution < 1.29 is 13.9 Å². The van der Waals surface area contributed by atoms with E-state index in [-0.39, 0.29) is 30.4 Å². The van der Waals surface area contributed by atoms with Crippen LogP contribution in [0.15, 0.2) is 65.8 Å². The van der Waals surface area contributed by atoms with E-state index in [1.165, 1.54) is 36.8 Å². The first-order valence-corrected chi connectivity index (χ1v) is 10.1. The van der Waals surface area contributed by atoms with E-state index in [4.69, 9.17) is 4.74 Å². The number of aryl methyl sites for hydroxylation is 1. The van der Waals surface area contributed by atoms with Gasteiger partial charge in [0.2, 0.25) is 0 Å². The number of ether oxygens (including phenoxy) is 1. The van der Waals surface area contributed by atoms with E-state index in [0.717, 1.165) is 11.1 Å². The Morgan fingerprint density at radius 2 is 1.94 bits per heavy atom. The summed E-state index contributed by atoms with van der Waals surface area (Å²) in [6, 6.07) is 13.3. The van der Waals surface area contributed by atoms with E-state index < -0.39 is 0 Å². The summed E-state index contributed by atoms with van der Waals surface area (Å²) in [6.07, 6.45) is 3.02. The minimum absolute atomic E-state index is 0.166. The summed E-state index contributed by atoms with van der Waals surface area (Å²) in [7, 11) is 0. The standard InChI is InChI=1S/C23H22FN5O3/c1-16-4-2-3-5-17(16)13-28-15-26-22-20(23(28)31)12-27-29(22)11-10-25-21(30)14-32-19-8-6-18(24)7-9-19/h2-9,12,15H,10-11,13-14H2,1H3,(H,25,30). The molecule has 0 unspecified atom stereocenters. The molecule has 1 amide bonds. The molecule has 0 aliphatic heterocycles. The van der Waals surface area contributed by atoms with Gasteiger partial charge in [-0.3, -0.25) is 14.2 Å². The molecular weight excluding hydrogens is 413 g/mol. The van der Waals surface area contributed by atoms with Crippen LogP contribution in [0.2, 0.25) is 0 Å². The Hall–Kier alpha value is -4.01. The van der Waals surface area contributed by atoms with Crippen LogP contribution < -0.4 is 15.6 Å². The number of hydrogen-bond acceptors (Lipinski definition) is 5. The van der Waals surface area contributed by atoms with Crippen molar-refractivity contribution in [2.45, 2.75) is 20.0 Å². The lowest BCUT2D eigenvalue weighted by Gasteiger charge is -2.09. The van der Waals surface area contributed by atoms with Gasteiger partial charge in [-0.1, -0.05) is 24.3 Å². The molecule has 0 saturated heterocycles. The number of hydrogen-bond donors (Lipinski definition) is 1. The summed E-state index contributed by atoms with van der Waals surface area (Å²) in [5.74, 6) is -0.283. The molecule has 0 radical (unpaired) electrons. The van der Waals surface area contributed by atoms with Gasteiger partial charge < -0.3 is 10.1 Å². The van der Waals surface area contributed by atoms with Gasteiger partial charge in [-0.15, -0.1) is 0 Å². The largest absolute Gasteiger partial charge is 0.484 e. The average molecular weight is 435 g/mol. The summed E-state index contributed by atoms with van der Waals surface area (Å²) in [5.41, 5.74) is 2.46. The summed E-state index contributed by atoms with van der Waals surface area (Å²) in [6.45, 7) is 2.89. The number of fused-ring (bicyclic) bond motifs is 1. The van der Waals surface area contributed by atoms with Crippen LogP contribution in [0.5, 0.6) is 5.75 Å². The Balaban J connectivity index is 1.35. The van der Waals surface area contributed by atoms with Gasteiger partial charge in [0.15, 0.2) is 12.3 Å². The zero-order valence-corrected chi connectivity index (χ0v) is 17.5. The van der Waals surface area contributed by atoms with Crippen molar-refractivity contribution >= 4 is 16.9 Å². The number of benzene rings is 2. The van der Waals surface area contributed by atoms with Crippen LogP contribution in [0.25, 0.3) is 11.0 Å². The van der Waals surface area contributed by atoms with Crippen molar-refractivity contribution in [3.63, 3.8) is 0 Å². The first-order valence-electron chi connectivity index (χ1n) is 10.1. The Morgan fingerprint density at radius 1 is 1.16 bits per heavy atom. The normalized spacial score (nSPS) is 10.9. The van der Waals surface area contributed by atoms with Crippen LogP contribution in [-0.4, -0.2) is 38.4 Å². The zero-order valence-electron chi connectivity index (χ0n) is 17.5. The van der Waals surface area contributed by atoms with Crippen LogP contribution in [0, 0.1) is 12.7 Å². The summed E-state index contributed by atoms with van der Waals surface area (Å²) >= 11 is 0. The molecule has 0 spiro atoms. The van der Waals surface area contributed by atoms with Gasteiger partial charge in [0.05, 0.1) is 19.3 Å². The summed E-state index contributed by atoms with van der Waals surface area (Å²) in [5, 5.41) is 7.39. The van der Waals surface area contributed by atoms with E-state index >= 15 is 0 Å². The van der Waals surface area contributed by atoms with Gasteiger partial charge in [-0.05, 0) is 42.3 Å². The van der Waals surface area contributed by atoms with Crippen molar-refractivity contribution in [1.29, 1.82) is 0 Å². The van der Waals surface area contributed by atoms with Crippen molar-refractivity contribution in [3.05, 3.63) is 88.4 Å². The number of rotatable bonds is 8. The molecule has 2 heterocycles. The number of carbonyl (C=O) groups excluding carboxylic acids is 1. The molecule has 2 aromatic heterocycles. The molecule has 0 bridgehead atoms. The molecule has 4 aromatic rings. The second-order valence-corrected chi connectivity index (χ2v) is 7.30. The highest BCUT2D eigenvalue weighted by Gasteiger charge is 2.11.